The first-order valence-corrected chi connectivity index (χ1v) is 5.29. The van der Waals surface area contributed by atoms with Crippen LogP contribution >= 0.6 is 0 Å². The third-order valence-corrected chi connectivity index (χ3v) is 2.55. The van der Waals surface area contributed by atoms with E-state index in [0.29, 0.717) is 5.56 Å². The maximum Gasteiger partial charge on any atom is 0.416 e. The number of nitrogens with one attached hydrogen (secondary N) is 1. The summed E-state index contributed by atoms with van der Waals surface area (Å²) in [5.74, 6) is -1.09. The Bertz CT molecular complexity index is 605. The number of carboxylic acid groups (broad SMARTS) is 1. The van der Waals surface area contributed by atoms with E-state index in [0.717, 1.165) is 12.1 Å². The predicted molar refractivity (Wildman–Crippen MR) is 60.4 cm³/mol. The van der Waals surface area contributed by atoms with E-state index in [1.165, 1.54) is 18.3 Å². The number of rotatable bonds is 3. The Balaban J connectivity index is 2.42. The summed E-state index contributed by atoms with van der Waals surface area (Å²) in [6.45, 7) is 0. The summed E-state index contributed by atoms with van der Waals surface area (Å²) in [7, 11) is 0. The van der Waals surface area contributed by atoms with Gasteiger partial charge in [0.15, 0.2) is 0 Å². The Labute approximate surface area is 105 Å². The summed E-state index contributed by atoms with van der Waals surface area (Å²) in [6, 6.07) is 4.68. The van der Waals surface area contributed by atoms with Gasteiger partial charge >= 0.3 is 12.1 Å². The summed E-state index contributed by atoms with van der Waals surface area (Å²) in [5.41, 5.74) is 0.118. The molecule has 19 heavy (non-hydrogen) atoms. The molecule has 2 aromatic rings. The molecule has 0 saturated carbocycles. The number of hydrogen-bond donors (Lipinski definition) is 2. The molecule has 0 atom stereocenters. The van der Waals surface area contributed by atoms with Crippen molar-refractivity contribution in [3.05, 3.63) is 41.7 Å². The molecule has 0 radical (unpaired) electrons. The van der Waals surface area contributed by atoms with Gasteiger partial charge in [0.25, 0.3) is 0 Å². The number of aliphatic carboxylic acids is 1. The van der Waals surface area contributed by atoms with E-state index < -0.39 is 17.7 Å². The molecule has 0 aliphatic heterocycles. The van der Waals surface area contributed by atoms with Crippen LogP contribution in [0.1, 0.15) is 11.3 Å². The standard InChI is InChI=1S/C12H9F3N2O2/c13-12(14,15)8-3-1-2-7(4-8)9-6-16-17-10(9)5-11(18)19/h1-4,6H,5H2,(H,16,17)(H,18,19). The first-order chi connectivity index (χ1) is 8.88. The first-order valence-electron chi connectivity index (χ1n) is 5.29. The lowest BCUT2D eigenvalue weighted by Crippen LogP contribution is -2.05. The minimum Gasteiger partial charge on any atom is -0.481 e. The number of H-pyrrole nitrogens is 1. The summed E-state index contributed by atoms with van der Waals surface area (Å²) in [5, 5.41) is 14.9. The lowest BCUT2D eigenvalue weighted by molar-refractivity contribution is -0.138. The molecule has 0 aliphatic rings. The molecule has 0 aliphatic carbocycles. The second kappa shape index (κ2) is 4.75. The highest BCUT2D eigenvalue weighted by Gasteiger charge is 2.30. The lowest BCUT2D eigenvalue weighted by Gasteiger charge is -2.08. The van der Waals surface area contributed by atoms with Crippen molar-refractivity contribution in [1.29, 1.82) is 0 Å². The highest BCUT2D eigenvalue weighted by Crippen LogP contribution is 2.32. The summed E-state index contributed by atoms with van der Waals surface area (Å²) in [6.07, 6.45) is -3.45. The van der Waals surface area contributed by atoms with Gasteiger partial charge in [0.2, 0.25) is 0 Å². The maximum absolute atomic E-state index is 12.6. The van der Waals surface area contributed by atoms with Crippen LogP contribution in [0.3, 0.4) is 0 Å². The zero-order valence-corrected chi connectivity index (χ0v) is 9.53. The van der Waals surface area contributed by atoms with Crippen LogP contribution in [-0.4, -0.2) is 21.3 Å². The third-order valence-electron chi connectivity index (χ3n) is 2.55. The Hall–Kier alpha value is -2.31. The highest BCUT2D eigenvalue weighted by molar-refractivity contribution is 5.75. The number of aromatic amines is 1. The molecule has 0 fully saturated rings. The number of aromatic nitrogens is 2. The highest BCUT2D eigenvalue weighted by atomic mass is 19.4. The van der Waals surface area contributed by atoms with Gasteiger partial charge in [-0.05, 0) is 17.7 Å². The molecule has 0 spiro atoms. The Morgan fingerprint density at radius 2 is 2.11 bits per heavy atom. The number of halogens is 3. The van der Waals surface area contributed by atoms with Crippen LogP contribution in [0.2, 0.25) is 0 Å². The molecule has 2 N–H and O–H groups in total. The fourth-order valence-electron chi connectivity index (χ4n) is 1.71. The fraction of sp³-hybridized carbons (Fsp3) is 0.167. The Kier molecular flexibility index (Phi) is 3.28. The van der Waals surface area contributed by atoms with Crippen molar-refractivity contribution in [2.75, 3.05) is 0 Å². The molecular formula is C12H9F3N2O2. The lowest BCUT2D eigenvalue weighted by atomic mass is 10.0. The Morgan fingerprint density at radius 3 is 2.74 bits per heavy atom. The molecule has 1 aromatic heterocycles. The molecule has 0 amide bonds. The van der Waals surface area contributed by atoms with E-state index in [9.17, 15) is 18.0 Å². The number of benzene rings is 1. The monoisotopic (exact) mass is 270 g/mol. The fourth-order valence-corrected chi connectivity index (χ4v) is 1.71. The number of nitrogens with zero attached hydrogens (tertiary/aromatic N) is 1. The van der Waals surface area contributed by atoms with E-state index in [-0.39, 0.29) is 17.7 Å². The molecule has 7 heteroatoms. The molecule has 1 heterocycles. The summed E-state index contributed by atoms with van der Waals surface area (Å²) in [4.78, 5) is 10.6. The number of carboxylic acids is 1. The van der Waals surface area contributed by atoms with Gasteiger partial charge in [-0.15, -0.1) is 0 Å². The normalized spacial score (nSPS) is 11.5. The van der Waals surface area contributed by atoms with Crippen LogP contribution < -0.4 is 0 Å². The number of alkyl halides is 3. The van der Waals surface area contributed by atoms with Gasteiger partial charge in [-0.2, -0.15) is 18.3 Å². The van der Waals surface area contributed by atoms with Gasteiger partial charge in [0.1, 0.15) is 0 Å². The van der Waals surface area contributed by atoms with Gasteiger partial charge in [-0.25, -0.2) is 0 Å². The van der Waals surface area contributed by atoms with Gasteiger partial charge in [-0.3, -0.25) is 9.89 Å². The van der Waals surface area contributed by atoms with Crippen LogP contribution in [0.4, 0.5) is 13.2 Å². The smallest absolute Gasteiger partial charge is 0.416 e. The third kappa shape index (κ3) is 2.93. The van der Waals surface area contributed by atoms with Crippen molar-refractivity contribution in [2.24, 2.45) is 0 Å². The van der Waals surface area contributed by atoms with E-state index in [2.05, 4.69) is 10.2 Å². The zero-order chi connectivity index (χ0) is 14.0. The van der Waals surface area contributed by atoms with E-state index in [1.54, 1.807) is 0 Å². The number of carbonyl (C=O) groups is 1. The van der Waals surface area contributed by atoms with Crippen LogP contribution in [0.15, 0.2) is 30.5 Å². The van der Waals surface area contributed by atoms with Crippen molar-refractivity contribution in [3.63, 3.8) is 0 Å². The van der Waals surface area contributed by atoms with Crippen molar-refractivity contribution in [1.82, 2.24) is 10.2 Å². The predicted octanol–water partition coefficient (Wildman–Crippen LogP) is 2.72. The molecule has 2 rings (SSSR count). The van der Waals surface area contributed by atoms with Gasteiger partial charge in [-0.1, -0.05) is 12.1 Å². The minimum atomic E-state index is -4.44. The van der Waals surface area contributed by atoms with Crippen LogP contribution in [0.5, 0.6) is 0 Å². The molecule has 0 unspecified atom stereocenters. The molecular weight excluding hydrogens is 261 g/mol. The largest absolute Gasteiger partial charge is 0.481 e. The molecule has 0 bridgehead atoms. The van der Waals surface area contributed by atoms with Gasteiger partial charge in [0, 0.05) is 5.56 Å². The van der Waals surface area contributed by atoms with Gasteiger partial charge in [0.05, 0.1) is 23.9 Å². The zero-order valence-electron chi connectivity index (χ0n) is 9.53. The summed E-state index contributed by atoms with van der Waals surface area (Å²) >= 11 is 0. The van der Waals surface area contributed by atoms with Crippen LogP contribution in [0, 0.1) is 0 Å². The van der Waals surface area contributed by atoms with Crippen LogP contribution in [-0.2, 0) is 17.4 Å². The molecule has 1 aromatic carbocycles. The average molecular weight is 270 g/mol. The second-order valence-electron chi connectivity index (χ2n) is 3.91. The van der Waals surface area contributed by atoms with Crippen molar-refractivity contribution >= 4 is 5.97 Å². The first kappa shape index (κ1) is 13.1. The molecule has 4 nitrogen and oxygen atoms in total. The topological polar surface area (TPSA) is 66.0 Å². The van der Waals surface area contributed by atoms with Crippen molar-refractivity contribution < 1.29 is 23.1 Å². The van der Waals surface area contributed by atoms with E-state index in [1.807, 2.05) is 0 Å². The van der Waals surface area contributed by atoms with Gasteiger partial charge < -0.3 is 5.11 Å². The minimum absolute atomic E-state index is 0.270. The molecule has 0 saturated heterocycles. The quantitative estimate of drug-likeness (QED) is 0.901. The van der Waals surface area contributed by atoms with Crippen molar-refractivity contribution in [3.8, 4) is 11.1 Å². The average Bonchev–Trinajstić information content (AvgIpc) is 2.75. The van der Waals surface area contributed by atoms with E-state index in [4.69, 9.17) is 5.11 Å². The van der Waals surface area contributed by atoms with E-state index >= 15 is 0 Å². The molecule has 100 valence electrons. The maximum atomic E-state index is 12.6. The summed E-state index contributed by atoms with van der Waals surface area (Å²) < 4.78 is 37.8. The second-order valence-corrected chi connectivity index (χ2v) is 3.91. The van der Waals surface area contributed by atoms with Crippen molar-refractivity contribution in [2.45, 2.75) is 12.6 Å². The Morgan fingerprint density at radius 1 is 1.37 bits per heavy atom. The number of hydrogen-bond acceptors (Lipinski definition) is 2. The SMILES string of the molecule is O=C(O)Cc1[nH]ncc1-c1cccc(C(F)(F)F)c1. The van der Waals surface area contributed by atoms with Crippen LogP contribution in [0.25, 0.3) is 11.1 Å².